The van der Waals surface area contributed by atoms with Gasteiger partial charge in [-0.05, 0) is 55.7 Å². The average molecular weight is 350 g/mol. The van der Waals surface area contributed by atoms with Crippen molar-refractivity contribution in [2.75, 3.05) is 5.32 Å². The van der Waals surface area contributed by atoms with Crippen molar-refractivity contribution < 1.29 is 4.79 Å². The molecule has 1 saturated carbocycles. The minimum atomic E-state index is -0.173. The molecule has 25 heavy (non-hydrogen) atoms. The predicted molar refractivity (Wildman–Crippen MR) is 98.3 cm³/mol. The van der Waals surface area contributed by atoms with Crippen molar-refractivity contribution in [3.8, 4) is 0 Å². The Morgan fingerprint density at radius 2 is 1.76 bits per heavy atom. The fraction of sp³-hybridized carbons (Fsp3) is 0.250. The van der Waals surface area contributed by atoms with Gasteiger partial charge in [0.2, 0.25) is 0 Å². The van der Waals surface area contributed by atoms with Gasteiger partial charge in [0.15, 0.2) is 0 Å². The second-order valence-corrected chi connectivity index (χ2v) is 7.31. The summed E-state index contributed by atoms with van der Waals surface area (Å²) >= 11 is 5.97. The number of hydrogen-bond acceptors (Lipinski definition) is 3. The van der Waals surface area contributed by atoms with Gasteiger partial charge < -0.3 is 5.32 Å². The van der Waals surface area contributed by atoms with E-state index in [-0.39, 0.29) is 5.91 Å². The second-order valence-electron chi connectivity index (χ2n) is 6.87. The number of carbonyl (C=O) groups is 1. The van der Waals surface area contributed by atoms with Crippen LogP contribution in [0.25, 0.3) is 11.0 Å². The Balaban J connectivity index is 1.49. The molecule has 1 fully saturated rings. The molecule has 0 radical (unpaired) electrons. The van der Waals surface area contributed by atoms with Crippen LogP contribution in [0.2, 0.25) is 5.02 Å². The lowest BCUT2D eigenvalue weighted by atomic mass is 10.00. The number of benzene rings is 2. The van der Waals surface area contributed by atoms with Gasteiger partial charge in [-0.25, -0.2) is 9.97 Å². The molecule has 1 amide bonds. The molecule has 0 saturated heterocycles. The van der Waals surface area contributed by atoms with Crippen molar-refractivity contribution in [1.82, 2.24) is 9.97 Å². The van der Waals surface area contributed by atoms with Gasteiger partial charge in [0.1, 0.15) is 0 Å². The van der Waals surface area contributed by atoms with Crippen LogP contribution in [0.3, 0.4) is 0 Å². The molecule has 5 rings (SSSR count). The largest absolute Gasteiger partial charge is 0.322 e. The quantitative estimate of drug-likeness (QED) is 0.715. The Hall–Kier alpha value is -2.46. The van der Waals surface area contributed by atoms with Crippen LogP contribution in [0.4, 0.5) is 5.69 Å². The van der Waals surface area contributed by atoms with Gasteiger partial charge in [0, 0.05) is 28.1 Å². The molecule has 2 bridgehead atoms. The molecule has 2 aliphatic carbocycles. The Morgan fingerprint density at radius 3 is 2.52 bits per heavy atom. The molecule has 2 aromatic carbocycles. The highest BCUT2D eigenvalue weighted by atomic mass is 35.5. The highest BCUT2D eigenvalue weighted by molar-refractivity contribution is 6.31. The average Bonchev–Trinajstić information content (AvgIpc) is 3.21. The van der Waals surface area contributed by atoms with E-state index in [0.717, 1.165) is 16.7 Å². The predicted octanol–water partition coefficient (Wildman–Crippen LogP) is 4.90. The lowest BCUT2D eigenvalue weighted by molar-refractivity contribution is 0.102. The number of halogens is 1. The lowest BCUT2D eigenvalue weighted by Crippen LogP contribution is -2.12. The first-order valence-corrected chi connectivity index (χ1v) is 8.94. The van der Waals surface area contributed by atoms with Crippen LogP contribution in [0.15, 0.2) is 42.5 Å². The molecular weight excluding hydrogens is 334 g/mol. The maximum absolute atomic E-state index is 12.5. The minimum Gasteiger partial charge on any atom is -0.322 e. The van der Waals surface area contributed by atoms with Crippen LogP contribution in [0.1, 0.15) is 52.8 Å². The zero-order chi connectivity index (χ0) is 17.0. The summed E-state index contributed by atoms with van der Waals surface area (Å²) in [5.41, 5.74) is 5.24. The smallest absolute Gasteiger partial charge is 0.255 e. The maximum Gasteiger partial charge on any atom is 0.255 e. The first-order chi connectivity index (χ1) is 12.2. The molecule has 1 N–H and O–H groups in total. The molecule has 3 aromatic rings. The van der Waals surface area contributed by atoms with E-state index in [4.69, 9.17) is 21.6 Å². The van der Waals surface area contributed by atoms with Crippen LogP contribution in [0, 0.1) is 0 Å². The number of fused-ring (bicyclic) bond motifs is 6. The Morgan fingerprint density at radius 1 is 1.00 bits per heavy atom. The number of hydrogen-bond donors (Lipinski definition) is 1. The molecule has 5 heteroatoms. The van der Waals surface area contributed by atoms with Gasteiger partial charge >= 0.3 is 0 Å². The summed E-state index contributed by atoms with van der Waals surface area (Å²) in [6, 6.07) is 12.6. The number of aromatic nitrogens is 2. The molecule has 1 aromatic heterocycles. The number of rotatable bonds is 2. The van der Waals surface area contributed by atoms with E-state index in [1.807, 2.05) is 24.3 Å². The molecule has 1 heterocycles. The Bertz CT molecular complexity index is 1020. The summed E-state index contributed by atoms with van der Waals surface area (Å²) in [4.78, 5) is 22.2. The van der Waals surface area contributed by atoms with Crippen molar-refractivity contribution in [3.05, 3.63) is 64.4 Å². The van der Waals surface area contributed by atoms with Crippen molar-refractivity contribution in [3.63, 3.8) is 0 Å². The molecule has 0 spiro atoms. The van der Waals surface area contributed by atoms with Gasteiger partial charge in [-0.15, -0.1) is 0 Å². The Labute approximate surface area is 150 Å². The number of amides is 1. The first-order valence-electron chi connectivity index (χ1n) is 8.56. The minimum absolute atomic E-state index is 0.173. The summed E-state index contributed by atoms with van der Waals surface area (Å²) in [6.07, 6.45) is 3.64. The van der Waals surface area contributed by atoms with Crippen molar-refractivity contribution in [2.24, 2.45) is 0 Å². The van der Waals surface area contributed by atoms with Crippen molar-refractivity contribution >= 4 is 34.2 Å². The molecule has 2 atom stereocenters. The zero-order valence-electron chi connectivity index (χ0n) is 13.5. The van der Waals surface area contributed by atoms with Crippen LogP contribution >= 0.6 is 11.6 Å². The summed E-state index contributed by atoms with van der Waals surface area (Å²) < 4.78 is 0. The van der Waals surface area contributed by atoms with Gasteiger partial charge in [0.25, 0.3) is 5.91 Å². The molecule has 0 aliphatic heterocycles. The highest BCUT2D eigenvalue weighted by Crippen LogP contribution is 2.51. The fourth-order valence-corrected chi connectivity index (χ4v) is 4.26. The van der Waals surface area contributed by atoms with Gasteiger partial charge in [-0.3, -0.25) is 4.79 Å². The zero-order valence-corrected chi connectivity index (χ0v) is 14.3. The van der Waals surface area contributed by atoms with Crippen LogP contribution in [0.5, 0.6) is 0 Å². The standard InChI is InChI=1S/C20H16ClN3O/c21-14-2-1-3-15(10-14)22-20(25)13-6-7-16-17(9-13)24-19-12-5-4-11(8-12)18(19)23-16/h1-3,6-7,9-12H,4-5,8H2,(H,22,25). The van der Waals surface area contributed by atoms with E-state index >= 15 is 0 Å². The third-order valence-electron chi connectivity index (χ3n) is 5.27. The summed E-state index contributed by atoms with van der Waals surface area (Å²) in [7, 11) is 0. The van der Waals surface area contributed by atoms with Gasteiger partial charge in [-0.2, -0.15) is 0 Å². The van der Waals surface area contributed by atoms with E-state index in [1.54, 1.807) is 18.2 Å². The van der Waals surface area contributed by atoms with Crippen LogP contribution in [-0.2, 0) is 0 Å². The van der Waals surface area contributed by atoms with Crippen molar-refractivity contribution in [1.29, 1.82) is 0 Å². The van der Waals surface area contributed by atoms with Crippen molar-refractivity contribution in [2.45, 2.75) is 31.1 Å². The van der Waals surface area contributed by atoms with E-state index < -0.39 is 0 Å². The topological polar surface area (TPSA) is 54.9 Å². The number of carbonyl (C=O) groups excluding carboxylic acids is 1. The number of anilines is 1. The third kappa shape index (κ3) is 2.48. The van der Waals surface area contributed by atoms with Crippen LogP contribution < -0.4 is 5.32 Å². The number of nitrogens with one attached hydrogen (secondary N) is 1. The fourth-order valence-electron chi connectivity index (χ4n) is 4.07. The molecule has 124 valence electrons. The van der Waals surface area contributed by atoms with Crippen LogP contribution in [-0.4, -0.2) is 15.9 Å². The summed E-state index contributed by atoms with van der Waals surface area (Å²) in [5.74, 6) is 0.969. The second kappa shape index (κ2) is 5.53. The molecular formula is C20H16ClN3O. The lowest BCUT2D eigenvalue weighted by Gasteiger charge is -2.14. The summed E-state index contributed by atoms with van der Waals surface area (Å²) in [5, 5.41) is 3.46. The third-order valence-corrected chi connectivity index (χ3v) is 5.51. The highest BCUT2D eigenvalue weighted by Gasteiger charge is 2.39. The maximum atomic E-state index is 12.5. The first kappa shape index (κ1) is 14.8. The van der Waals surface area contributed by atoms with E-state index in [0.29, 0.717) is 28.1 Å². The molecule has 2 aliphatic rings. The monoisotopic (exact) mass is 349 g/mol. The SMILES string of the molecule is O=C(Nc1cccc(Cl)c1)c1ccc2nc3c(nc2c1)C1CCC3C1. The normalized spacial score (nSPS) is 20.7. The number of nitrogens with zero attached hydrogens (tertiary/aromatic N) is 2. The Kier molecular flexibility index (Phi) is 3.28. The molecule has 2 unspecified atom stereocenters. The van der Waals surface area contributed by atoms with Gasteiger partial charge in [-0.1, -0.05) is 17.7 Å². The van der Waals surface area contributed by atoms with E-state index in [1.165, 1.54) is 25.0 Å². The molecule has 4 nitrogen and oxygen atoms in total. The van der Waals surface area contributed by atoms with E-state index in [9.17, 15) is 4.79 Å². The van der Waals surface area contributed by atoms with E-state index in [2.05, 4.69) is 5.32 Å². The summed E-state index contributed by atoms with van der Waals surface area (Å²) in [6.45, 7) is 0. The van der Waals surface area contributed by atoms with Gasteiger partial charge in [0.05, 0.1) is 22.4 Å².